The Hall–Kier alpha value is -0.184. The maximum Gasteiger partial charge on any atom is 1.00 e. The molecule has 0 radical (unpaired) electrons. The smallest absolute Gasteiger partial charge is 0.548 e. The predicted octanol–water partition coefficient (Wildman–Crippen LogP) is -2.77. The molecule has 2 fully saturated rings. The van der Waals surface area contributed by atoms with Gasteiger partial charge in [0.1, 0.15) is 5.92 Å². The molecule has 23 heavy (non-hydrogen) atoms. The largest absolute Gasteiger partial charge is 1.00 e. The molecule has 2 aliphatic rings. The van der Waals surface area contributed by atoms with Gasteiger partial charge in [-0.3, -0.25) is 9.59 Å². The molecule has 0 aromatic heterocycles. The van der Waals surface area contributed by atoms with E-state index in [0.29, 0.717) is 0 Å². The van der Waals surface area contributed by atoms with Crippen LogP contribution in [0.15, 0.2) is 30.3 Å². The minimum absolute atomic E-state index is 0. The monoisotopic (exact) mass is 357 g/mol. The molecular formula is C16H16KNO4S. The Balaban J connectivity index is 0.00000192. The van der Waals surface area contributed by atoms with E-state index in [1.54, 1.807) is 13.8 Å². The third-order valence-electron chi connectivity index (χ3n) is 4.23. The summed E-state index contributed by atoms with van der Waals surface area (Å²) in [5.41, 5.74) is 0.859. The molecule has 0 unspecified atom stereocenters. The molecule has 2 aliphatic heterocycles. The average Bonchev–Trinajstić information content (AvgIpc) is 2.68. The summed E-state index contributed by atoms with van der Waals surface area (Å²) in [6, 6.07) is 8.26. The van der Waals surface area contributed by atoms with E-state index < -0.39 is 28.6 Å². The Morgan fingerprint density at radius 1 is 1.26 bits per heavy atom. The van der Waals surface area contributed by atoms with Crippen molar-refractivity contribution < 1.29 is 70.9 Å². The first-order valence-electron chi connectivity index (χ1n) is 7.10. The van der Waals surface area contributed by atoms with Crippen LogP contribution in [-0.4, -0.2) is 38.7 Å². The molecule has 1 aromatic rings. The molecule has 0 aliphatic carbocycles. The fourth-order valence-electron chi connectivity index (χ4n) is 3.20. The van der Waals surface area contributed by atoms with Crippen molar-refractivity contribution in [3.05, 3.63) is 35.9 Å². The first-order chi connectivity index (χ1) is 10.3. The molecule has 0 saturated carbocycles. The van der Waals surface area contributed by atoms with Crippen LogP contribution in [0.25, 0.3) is 0 Å². The number of carbonyl (C=O) groups is 3. The topological polar surface area (TPSA) is 77.5 Å². The van der Waals surface area contributed by atoms with Crippen LogP contribution in [0.1, 0.15) is 19.4 Å². The third kappa shape index (κ3) is 3.32. The van der Waals surface area contributed by atoms with Gasteiger partial charge in [0.25, 0.3) is 0 Å². The molecule has 2 heterocycles. The number of thioether (sulfide) groups is 1. The zero-order valence-electron chi connectivity index (χ0n) is 13.3. The van der Waals surface area contributed by atoms with Crippen molar-refractivity contribution in [1.29, 1.82) is 0 Å². The first-order valence-corrected chi connectivity index (χ1v) is 7.98. The number of carboxylic acid groups (broad SMARTS) is 1. The Morgan fingerprint density at radius 3 is 2.43 bits per heavy atom. The van der Waals surface area contributed by atoms with Crippen molar-refractivity contribution in [2.45, 2.75) is 36.4 Å². The van der Waals surface area contributed by atoms with Gasteiger partial charge in [0.2, 0.25) is 5.91 Å². The predicted molar refractivity (Wildman–Crippen MR) is 79.7 cm³/mol. The number of rotatable bonds is 4. The van der Waals surface area contributed by atoms with Gasteiger partial charge in [-0.05, 0) is 19.4 Å². The van der Waals surface area contributed by atoms with E-state index in [9.17, 15) is 19.5 Å². The number of Topliss-reactive ketones (excluding diaryl/α,β-unsaturated/α-hetero) is 1. The Morgan fingerprint density at radius 2 is 1.87 bits per heavy atom. The van der Waals surface area contributed by atoms with Crippen LogP contribution < -0.4 is 56.5 Å². The molecule has 3 rings (SSSR count). The number of benzene rings is 1. The summed E-state index contributed by atoms with van der Waals surface area (Å²) in [7, 11) is 0. The van der Waals surface area contributed by atoms with Crippen LogP contribution in [0.3, 0.4) is 0 Å². The summed E-state index contributed by atoms with van der Waals surface area (Å²) in [5.74, 6) is -2.55. The molecule has 1 amide bonds. The van der Waals surface area contributed by atoms with E-state index in [2.05, 4.69) is 0 Å². The summed E-state index contributed by atoms with van der Waals surface area (Å²) in [6.07, 6.45) is 0.193. The van der Waals surface area contributed by atoms with Crippen LogP contribution in [0.4, 0.5) is 0 Å². The van der Waals surface area contributed by atoms with Gasteiger partial charge in [0.15, 0.2) is 5.78 Å². The van der Waals surface area contributed by atoms with Crippen molar-refractivity contribution in [3.63, 3.8) is 0 Å². The normalized spacial score (nSPS) is 27.7. The van der Waals surface area contributed by atoms with E-state index in [0.717, 1.165) is 5.56 Å². The van der Waals surface area contributed by atoms with Gasteiger partial charge in [-0.25, -0.2) is 0 Å². The van der Waals surface area contributed by atoms with Crippen LogP contribution >= 0.6 is 11.8 Å². The van der Waals surface area contributed by atoms with Gasteiger partial charge in [-0.2, -0.15) is 0 Å². The molecule has 1 aromatic carbocycles. The molecule has 0 bridgehead atoms. The summed E-state index contributed by atoms with van der Waals surface area (Å²) < 4.78 is -0.652. The Kier molecular flexibility index (Phi) is 5.81. The van der Waals surface area contributed by atoms with Crippen LogP contribution in [0.5, 0.6) is 0 Å². The van der Waals surface area contributed by atoms with Gasteiger partial charge in [-0.1, -0.05) is 30.3 Å². The van der Waals surface area contributed by atoms with Crippen LogP contribution in [0, 0.1) is 5.92 Å². The van der Waals surface area contributed by atoms with Crippen LogP contribution in [-0.2, 0) is 20.8 Å². The second kappa shape index (κ2) is 6.97. The van der Waals surface area contributed by atoms with Gasteiger partial charge in [-0.15, -0.1) is 11.8 Å². The number of nitrogens with zero attached hydrogens (tertiary/aromatic N) is 1. The number of amides is 1. The summed E-state index contributed by atoms with van der Waals surface area (Å²) >= 11 is 1.37. The number of ketones is 1. The van der Waals surface area contributed by atoms with Crippen molar-refractivity contribution in [2.24, 2.45) is 5.92 Å². The molecular weight excluding hydrogens is 341 g/mol. The number of carboxylic acids is 1. The van der Waals surface area contributed by atoms with E-state index in [-0.39, 0.29) is 69.0 Å². The van der Waals surface area contributed by atoms with Gasteiger partial charge in [0, 0.05) is 11.2 Å². The molecule has 0 spiro atoms. The number of fused-ring (bicyclic) bond motifs is 1. The maximum atomic E-state index is 12.4. The Bertz CT molecular complexity index is 649. The zero-order valence-corrected chi connectivity index (χ0v) is 17.3. The maximum absolute atomic E-state index is 12.4. The molecule has 0 N–H and O–H groups in total. The molecule has 2 saturated heterocycles. The molecule has 116 valence electrons. The molecule has 7 heteroatoms. The fraction of sp³-hybridized carbons (Fsp3) is 0.438. The van der Waals surface area contributed by atoms with E-state index >= 15 is 0 Å². The third-order valence-corrected chi connectivity index (χ3v) is 5.80. The van der Waals surface area contributed by atoms with Crippen molar-refractivity contribution in [1.82, 2.24) is 4.90 Å². The number of hydrogen-bond donors (Lipinski definition) is 0. The molecule has 3 atom stereocenters. The minimum Gasteiger partial charge on any atom is -0.548 e. The number of hydrogen-bond acceptors (Lipinski definition) is 5. The standard InChI is InChI=1S/C16H17NO4S.K/c1-16(2)12(15(20)21)17-13(19)11(14(17)22-16)10(18)8-9-6-4-3-5-7-9;/h3-7,11-12,14H,8H2,1-2H3,(H,20,21);/q;+1/p-1/t11-,12+,14-;/m1./s1. The van der Waals surface area contributed by atoms with Crippen molar-refractivity contribution in [3.8, 4) is 0 Å². The SMILES string of the molecule is CC1(C)S[C@@H]2[C@H](C(=O)Cc3ccccc3)C(=O)N2[C@H]1C(=O)[O-].[K+]. The number of aliphatic carboxylic acids is 1. The van der Waals surface area contributed by atoms with E-state index in [1.165, 1.54) is 16.7 Å². The van der Waals surface area contributed by atoms with E-state index in [1.807, 2.05) is 30.3 Å². The second-order valence-electron chi connectivity index (χ2n) is 6.19. The zero-order chi connectivity index (χ0) is 16.1. The summed E-state index contributed by atoms with van der Waals surface area (Å²) in [5, 5.41) is 10.9. The van der Waals surface area contributed by atoms with Gasteiger partial charge < -0.3 is 14.8 Å². The minimum atomic E-state index is -1.26. The second-order valence-corrected chi connectivity index (χ2v) is 7.96. The van der Waals surface area contributed by atoms with Crippen molar-refractivity contribution in [2.75, 3.05) is 0 Å². The summed E-state index contributed by atoms with van der Waals surface area (Å²) in [4.78, 5) is 37.3. The number of carbonyl (C=O) groups excluding carboxylic acids is 3. The van der Waals surface area contributed by atoms with Crippen LogP contribution in [0.2, 0.25) is 0 Å². The van der Waals surface area contributed by atoms with Gasteiger partial charge >= 0.3 is 51.4 Å². The van der Waals surface area contributed by atoms with Crippen molar-refractivity contribution >= 4 is 29.4 Å². The van der Waals surface area contributed by atoms with Gasteiger partial charge in [0.05, 0.1) is 17.4 Å². The number of β-lactam (4-membered cyclic amide) rings is 1. The van der Waals surface area contributed by atoms with E-state index in [4.69, 9.17) is 0 Å². The molecule has 5 nitrogen and oxygen atoms in total. The first kappa shape index (κ1) is 19.1. The fourth-order valence-corrected chi connectivity index (χ4v) is 4.90. The average molecular weight is 357 g/mol. The quantitative estimate of drug-likeness (QED) is 0.331. The Labute approximate surface area is 181 Å². The summed E-state index contributed by atoms with van der Waals surface area (Å²) in [6.45, 7) is 3.53.